The third-order valence-corrected chi connectivity index (χ3v) is 6.89. The van der Waals surface area contributed by atoms with Gasteiger partial charge < -0.3 is 4.90 Å². The maximum Gasteiger partial charge on any atom is 0.209 e. The Morgan fingerprint density at radius 2 is 1.52 bits per heavy atom. The number of para-hydroxylation sites is 2. The normalized spacial score (nSPS) is 20.3. The van der Waals surface area contributed by atoms with Gasteiger partial charge in [-0.15, -0.1) is 0 Å². The SMILES string of the molecule is C.CC(/C=C/C1=[N+](C)c2ccccc2C1(C)C)=C\C=C1\N(C)c2ccccc2C1(C)C. The molecule has 2 nitrogen and oxygen atoms in total. The molecular formula is C29H37N2+. The van der Waals surface area contributed by atoms with Gasteiger partial charge in [0, 0.05) is 41.6 Å². The first kappa shape index (κ1) is 22.8. The Labute approximate surface area is 188 Å². The summed E-state index contributed by atoms with van der Waals surface area (Å²) in [5.74, 6) is 0. The topological polar surface area (TPSA) is 6.25 Å². The lowest BCUT2D eigenvalue weighted by atomic mass is 9.81. The molecule has 162 valence electrons. The molecule has 2 aliphatic heterocycles. The van der Waals surface area contributed by atoms with Gasteiger partial charge in [0.05, 0.1) is 5.41 Å². The fourth-order valence-corrected chi connectivity index (χ4v) is 5.08. The van der Waals surface area contributed by atoms with E-state index in [0.29, 0.717) is 0 Å². The molecule has 2 aromatic rings. The molecule has 4 rings (SSSR count). The molecule has 31 heavy (non-hydrogen) atoms. The van der Waals surface area contributed by atoms with Gasteiger partial charge in [0.15, 0.2) is 5.71 Å². The van der Waals surface area contributed by atoms with E-state index < -0.39 is 0 Å². The summed E-state index contributed by atoms with van der Waals surface area (Å²) in [5.41, 5.74) is 9.31. The molecule has 0 aliphatic carbocycles. The van der Waals surface area contributed by atoms with Crippen LogP contribution in [-0.4, -0.2) is 24.4 Å². The smallest absolute Gasteiger partial charge is 0.209 e. The van der Waals surface area contributed by atoms with Crippen LogP contribution in [0.3, 0.4) is 0 Å². The lowest BCUT2D eigenvalue weighted by Gasteiger charge is -2.23. The van der Waals surface area contributed by atoms with Gasteiger partial charge in [0.1, 0.15) is 7.05 Å². The summed E-state index contributed by atoms with van der Waals surface area (Å²) >= 11 is 0. The van der Waals surface area contributed by atoms with E-state index in [1.54, 1.807) is 0 Å². The van der Waals surface area contributed by atoms with Crippen molar-refractivity contribution in [2.75, 3.05) is 19.0 Å². The fraction of sp³-hybridized carbons (Fsp3) is 0.345. The largest absolute Gasteiger partial charge is 0.347 e. The zero-order valence-electron chi connectivity index (χ0n) is 19.3. The second-order valence-corrected chi connectivity index (χ2v) is 9.58. The number of likely N-dealkylation sites (N-methyl/N-ethyl adjacent to an activating group) is 1. The summed E-state index contributed by atoms with van der Waals surface area (Å²) in [6, 6.07) is 17.4. The van der Waals surface area contributed by atoms with Crippen molar-refractivity contribution >= 4 is 17.1 Å². The first-order chi connectivity index (χ1) is 14.2. The number of rotatable bonds is 3. The average molecular weight is 414 g/mol. The maximum atomic E-state index is 2.32. The summed E-state index contributed by atoms with van der Waals surface area (Å²) in [5, 5.41) is 0. The molecule has 0 atom stereocenters. The molecule has 2 aliphatic rings. The molecule has 0 N–H and O–H groups in total. The van der Waals surface area contributed by atoms with Crippen LogP contribution in [-0.2, 0) is 10.8 Å². The monoisotopic (exact) mass is 413 g/mol. The van der Waals surface area contributed by atoms with Crippen LogP contribution in [0.2, 0.25) is 0 Å². The van der Waals surface area contributed by atoms with Crippen LogP contribution < -0.4 is 4.90 Å². The van der Waals surface area contributed by atoms with E-state index in [2.05, 4.69) is 131 Å². The van der Waals surface area contributed by atoms with Crippen LogP contribution >= 0.6 is 0 Å². The van der Waals surface area contributed by atoms with E-state index in [0.717, 1.165) is 0 Å². The van der Waals surface area contributed by atoms with Crippen LogP contribution in [0.5, 0.6) is 0 Å². The van der Waals surface area contributed by atoms with Crippen LogP contribution in [0.1, 0.15) is 53.2 Å². The number of nitrogens with zero attached hydrogens (tertiary/aromatic N) is 2. The summed E-state index contributed by atoms with van der Waals surface area (Å²) in [6.07, 6.45) is 9.04. The van der Waals surface area contributed by atoms with E-state index in [1.165, 1.54) is 39.5 Å². The van der Waals surface area contributed by atoms with Gasteiger partial charge in [0.25, 0.3) is 0 Å². The number of benzene rings is 2. The molecule has 2 heterocycles. The first-order valence-corrected chi connectivity index (χ1v) is 10.8. The Bertz CT molecular complexity index is 1120. The zero-order valence-corrected chi connectivity index (χ0v) is 19.3. The van der Waals surface area contributed by atoms with Crippen LogP contribution in [0.15, 0.2) is 84.1 Å². The minimum Gasteiger partial charge on any atom is -0.347 e. The molecule has 0 saturated heterocycles. The number of anilines is 1. The van der Waals surface area contributed by atoms with Crippen molar-refractivity contribution in [2.45, 2.75) is 52.9 Å². The number of hydrogen-bond acceptors (Lipinski definition) is 1. The van der Waals surface area contributed by atoms with Crippen molar-refractivity contribution in [3.05, 3.63) is 95.2 Å². The van der Waals surface area contributed by atoms with E-state index >= 15 is 0 Å². The summed E-state index contributed by atoms with van der Waals surface area (Å²) in [7, 11) is 4.34. The fourth-order valence-electron chi connectivity index (χ4n) is 5.08. The Hall–Kier alpha value is -2.87. The van der Waals surface area contributed by atoms with Gasteiger partial charge >= 0.3 is 0 Å². The molecule has 0 amide bonds. The van der Waals surface area contributed by atoms with E-state index in [4.69, 9.17) is 0 Å². The van der Waals surface area contributed by atoms with Crippen LogP contribution in [0, 0.1) is 0 Å². The molecule has 0 saturated carbocycles. The highest BCUT2D eigenvalue weighted by Crippen LogP contribution is 2.46. The molecule has 0 unspecified atom stereocenters. The summed E-state index contributed by atoms with van der Waals surface area (Å²) in [6.45, 7) is 11.4. The molecule has 2 heteroatoms. The van der Waals surface area contributed by atoms with Crippen molar-refractivity contribution in [3.8, 4) is 0 Å². The van der Waals surface area contributed by atoms with E-state index in [1.807, 2.05) is 0 Å². The number of hydrogen-bond donors (Lipinski definition) is 0. The van der Waals surface area contributed by atoms with E-state index in [-0.39, 0.29) is 18.3 Å². The van der Waals surface area contributed by atoms with Gasteiger partial charge in [-0.05, 0) is 38.5 Å². The summed E-state index contributed by atoms with van der Waals surface area (Å²) in [4.78, 5) is 2.32. The van der Waals surface area contributed by atoms with Crippen molar-refractivity contribution < 1.29 is 4.58 Å². The molecule has 0 bridgehead atoms. The van der Waals surface area contributed by atoms with Gasteiger partial charge in [-0.1, -0.05) is 75.4 Å². The van der Waals surface area contributed by atoms with Crippen LogP contribution in [0.4, 0.5) is 11.4 Å². The lowest BCUT2D eigenvalue weighted by molar-refractivity contribution is -0.401. The minimum absolute atomic E-state index is 0. The van der Waals surface area contributed by atoms with Crippen LogP contribution in [0.25, 0.3) is 0 Å². The lowest BCUT2D eigenvalue weighted by Crippen LogP contribution is -2.26. The van der Waals surface area contributed by atoms with Crippen molar-refractivity contribution in [3.63, 3.8) is 0 Å². The van der Waals surface area contributed by atoms with Crippen molar-refractivity contribution in [2.24, 2.45) is 0 Å². The second-order valence-electron chi connectivity index (χ2n) is 9.58. The molecular weight excluding hydrogens is 376 g/mol. The van der Waals surface area contributed by atoms with Gasteiger partial charge in [-0.2, -0.15) is 4.58 Å². The quantitative estimate of drug-likeness (QED) is 0.383. The molecule has 0 fully saturated rings. The Morgan fingerprint density at radius 3 is 2.16 bits per heavy atom. The average Bonchev–Trinajstić information content (AvgIpc) is 3.04. The van der Waals surface area contributed by atoms with E-state index in [9.17, 15) is 0 Å². The van der Waals surface area contributed by atoms with Crippen molar-refractivity contribution in [1.29, 1.82) is 0 Å². The molecule has 0 aromatic heterocycles. The van der Waals surface area contributed by atoms with Gasteiger partial charge in [-0.25, -0.2) is 0 Å². The Balaban J connectivity index is 0.00000272. The predicted molar refractivity (Wildman–Crippen MR) is 136 cm³/mol. The molecule has 2 aromatic carbocycles. The highest BCUT2D eigenvalue weighted by molar-refractivity contribution is 6.03. The molecule has 0 spiro atoms. The third kappa shape index (κ3) is 3.59. The minimum atomic E-state index is 0. The first-order valence-electron chi connectivity index (χ1n) is 10.8. The maximum absolute atomic E-state index is 2.32. The van der Waals surface area contributed by atoms with Gasteiger partial charge in [0.2, 0.25) is 5.69 Å². The number of fused-ring (bicyclic) bond motifs is 2. The Kier molecular flexibility index (Phi) is 5.88. The third-order valence-electron chi connectivity index (χ3n) is 6.89. The van der Waals surface area contributed by atoms with Crippen molar-refractivity contribution in [1.82, 2.24) is 0 Å². The zero-order chi connectivity index (χ0) is 21.7. The second kappa shape index (κ2) is 8.00. The highest BCUT2D eigenvalue weighted by atomic mass is 15.2. The standard InChI is InChI=1S/C28H33N2.CH4/c1-20(16-18-25-27(2,3)21-12-8-10-14-23(21)29(25)6)17-19-26-28(4,5)22-13-9-11-15-24(22)30(26)7;/h8-19H,1-7H3;1H4/q+1;. The summed E-state index contributed by atoms with van der Waals surface area (Å²) < 4.78 is 2.32. The Morgan fingerprint density at radius 1 is 0.903 bits per heavy atom. The molecule has 0 radical (unpaired) electrons. The number of allylic oxidation sites excluding steroid dienone is 6. The highest BCUT2D eigenvalue weighted by Gasteiger charge is 2.42. The van der Waals surface area contributed by atoms with Gasteiger partial charge in [-0.3, -0.25) is 0 Å². The predicted octanol–water partition coefficient (Wildman–Crippen LogP) is 7.14.